The van der Waals surface area contributed by atoms with Gasteiger partial charge in [0.05, 0.1) is 12.4 Å². The first-order valence-electron chi connectivity index (χ1n) is 6.71. The predicted octanol–water partition coefficient (Wildman–Crippen LogP) is 3.06. The first-order chi connectivity index (χ1) is 9.29. The van der Waals surface area contributed by atoms with Crippen LogP contribution in [0.15, 0.2) is 23.1 Å². The molecule has 1 aromatic carbocycles. The molecule has 112 valence electrons. The monoisotopic (exact) mass is 296 g/mol. The zero-order chi connectivity index (χ0) is 15.3. The highest BCUT2D eigenvalue weighted by atomic mass is 32.2. The van der Waals surface area contributed by atoms with Gasteiger partial charge in [-0.05, 0) is 45.4 Å². The third-order valence-electron chi connectivity index (χ3n) is 3.24. The van der Waals surface area contributed by atoms with Gasteiger partial charge >= 0.3 is 0 Å². The van der Waals surface area contributed by atoms with Gasteiger partial charge in [0, 0.05) is 16.1 Å². The van der Waals surface area contributed by atoms with Crippen molar-refractivity contribution in [1.82, 2.24) is 5.32 Å². The van der Waals surface area contributed by atoms with Gasteiger partial charge in [0.25, 0.3) is 0 Å². The van der Waals surface area contributed by atoms with Crippen molar-refractivity contribution in [2.75, 3.05) is 12.8 Å². The maximum atomic E-state index is 12.2. The van der Waals surface area contributed by atoms with Crippen LogP contribution in [0, 0.1) is 0 Å². The molecule has 0 bridgehead atoms. The van der Waals surface area contributed by atoms with Crippen molar-refractivity contribution in [2.45, 2.75) is 49.8 Å². The lowest BCUT2D eigenvalue weighted by Gasteiger charge is -2.26. The minimum atomic E-state index is -0.213. The number of amides is 1. The van der Waals surface area contributed by atoms with Crippen LogP contribution in [0.2, 0.25) is 0 Å². The molecular weight excluding hydrogens is 272 g/mol. The molecule has 3 N–H and O–H groups in total. The normalized spacial score (nSPS) is 12.8. The number of rotatable bonds is 6. The zero-order valence-electron chi connectivity index (χ0n) is 12.8. The van der Waals surface area contributed by atoms with E-state index in [2.05, 4.69) is 12.2 Å². The van der Waals surface area contributed by atoms with Crippen molar-refractivity contribution in [1.29, 1.82) is 0 Å². The summed E-state index contributed by atoms with van der Waals surface area (Å²) in [6.07, 6.45) is 0.886. The quantitative estimate of drug-likeness (QED) is 0.625. The van der Waals surface area contributed by atoms with Crippen molar-refractivity contribution in [3.05, 3.63) is 18.2 Å². The van der Waals surface area contributed by atoms with E-state index in [0.29, 0.717) is 5.69 Å². The fourth-order valence-electron chi connectivity index (χ4n) is 1.51. The van der Waals surface area contributed by atoms with Gasteiger partial charge in [-0.25, -0.2) is 0 Å². The van der Waals surface area contributed by atoms with Gasteiger partial charge in [-0.15, -0.1) is 11.8 Å². The number of hydrogen-bond acceptors (Lipinski definition) is 4. The summed E-state index contributed by atoms with van der Waals surface area (Å²) in [5.74, 6) is 0.757. The van der Waals surface area contributed by atoms with E-state index in [0.717, 1.165) is 17.1 Å². The topological polar surface area (TPSA) is 64.3 Å². The lowest BCUT2D eigenvalue weighted by molar-refractivity contribution is -0.121. The molecule has 0 aromatic heterocycles. The number of anilines is 1. The molecule has 5 heteroatoms. The first kappa shape index (κ1) is 16.7. The molecule has 0 saturated carbocycles. The third kappa shape index (κ3) is 4.63. The van der Waals surface area contributed by atoms with E-state index in [9.17, 15) is 4.79 Å². The van der Waals surface area contributed by atoms with Crippen LogP contribution in [-0.4, -0.2) is 23.8 Å². The Morgan fingerprint density at radius 1 is 1.50 bits per heavy atom. The standard InChI is InChI=1S/C15H24N2O2S/c1-6-15(3,4)17-14(18)10(2)20-13-9-11(19-5)7-8-12(13)16/h7-10H,6,16H2,1-5H3,(H,17,18). The molecule has 0 saturated heterocycles. The van der Waals surface area contributed by atoms with Crippen LogP contribution >= 0.6 is 11.8 Å². The van der Waals surface area contributed by atoms with Crippen LogP contribution in [-0.2, 0) is 4.79 Å². The first-order valence-corrected chi connectivity index (χ1v) is 7.59. The van der Waals surface area contributed by atoms with E-state index < -0.39 is 0 Å². The van der Waals surface area contributed by atoms with E-state index in [1.807, 2.05) is 32.9 Å². The highest BCUT2D eigenvalue weighted by molar-refractivity contribution is 8.00. The van der Waals surface area contributed by atoms with Gasteiger partial charge in [0.2, 0.25) is 5.91 Å². The molecule has 4 nitrogen and oxygen atoms in total. The zero-order valence-corrected chi connectivity index (χ0v) is 13.6. The van der Waals surface area contributed by atoms with E-state index in [1.54, 1.807) is 13.2 Å². The lowest BCUT2D eigenvalue weighted by Crippen LogP contribution is -2.46. The molecule has 0 aliphatic heterocycles. The average molecular weight is 296 g/mol. The summed E-state index contributed by atoms with van der Waals surface area (Å²) in [7, 11) is 1.61. The SMILES string of the molecule is CCC(C)(C)NC(=O)C(C)Sc1cc(OC)ccc1N. The van der Waals surface area contributed by atoms with E-state index in [-0.39, 0.29) is 16.7 Å². The van der Waals surface area contributed by atoms with Crippen LogP contribution < -0.4 is 15.8 Å². The average Bonchev–Trinajstić information content (AvgIpc) is 2.40. The summed E-state index contributed by atoms with van der Waals surface area (Å²) in [6, 6.07) is 5.46. The second-order valence-corrected chi connectivity index (χ2v) is 6.77. The maximum absolute atomic E-state index is 12.2. The summed E-state index contributed by atoms with van der Waals surface area (Å²) in [6.45, 7) is 7.97. The summed E-state index contributed by atoms with van der Waals surface area (Å²) in [5.41, 5.74) is 6.41. The number of carbonyl (C=O) groups excluding carboxylic acids is 1. The summed E-state index contributed by atoms with van der Waals surface area (Å²) in [4.78, 5) is 13.0. The number of nitrogens with one attached hydrogen (secondary N) is 1. The number of nitrogen functional groups attached to an aromatic ring is 1. The lowest BCUT2D eigenvalue weighted by atomic mass is 10.0. The Hall–Kier alpha value is -1.36. The minimum absolute atomic E-state index is 0.0177. The molecule has 1 unspecified atom stereocenters. The number of methoxy groups -OCH3 is 1. The Morgan fingerprint density at radius 2 is 2.15 bits per heavy atom. The molecule has 0 fully saturated rings. The van der Waals surface area contributed by atoms with Crippen molar-refractivity contribution in [3.63, 3.8) is 0 Å². The van der Waals surface area contributed by atoms with Crippen LogP contribution in [0.5, 0.6) is 5.75 Å². The Bertz CT molecular complexity index is 475. The summed E-state index contributed by atoms with van der Waals surface area (Å²) < 4.78 is 5.18. The van der Waals surface area contributed by atoms with Gasteiger partial charge in [0.15, 0.2) is 0 Å². The van der Waals surface area contributed by atoms with Crippen molar-refractivity contribution < 1.29 is 9.53 Å². The van der Waals surface area contributed by atoms with Crippen molar-refractivity contribution in [3.8, 4) is 5.75 Å². The molecule has 0 spiro atoms. The van der Waals surface area contributed by atoms with Gasteiger partial charge in [0.1, 0.15) is 5.75 Å². The molecular formula is C15H24N2O2S. The molecule has 0 aliphatic rings. The third-order valence-corrected chi connectivity index (χ3v) is 4.41. The Balaban J connectivity index is 2.75. The smallest absolute Gasteiger partial charge is 0.233 e. The summed E-state index contributed by atoms with van der Waals surface area (Å²) >= 11 is 1.44. The number of benzene rings is 1. The van der Waals surface area contributed by atoms with Gasteiger partial charge in [-0.1, -0.05) is 6.92 Å². The Morgan fingerprint density at radius 3 is 2.70 bits per heavy atom. The molecule has 0 heterocycles. The maximum Gasteiger partial charge on any atom is 0.233 e. The number of ether oxygens (including phenoxy) is 1. The van der Waals surface area contributed by atoms with E-state index in [4.69, 9.17) is 10.5 Å². The minimum Gasteiger partial charge on any atom is -0.497 e. The summed E-state index contributed by atoms with van der Waals surface area (Å²) in [5, 5.41) is 2.83. The van der Waals surface area contributed by atoms with E-state index >= 15 is 0 Å². The number of nitrogens with two attached hydrogens (primary N) is 1. The molecule has 1 amide bonds. The van der Waals surface area contributed by atoms with Gasteiger partial charge in [-0.3, -0.25) is 4.79 Å². The van der Waals surface area contributed by atoms with Crippen LogP contribution in [0.25, 0.3) is 0 Å². The second-order valence-electron chi connectivity index (χ2n) is 5.39. The van der Waals surface area contributed by atoms with Crippen LogP contribution in [0.1, 0.15) is 34.1 Å². The fraction of sp³-hybridized carbons (Fsp3) is 0.533. The largest absolute Gasteiger partial charge is 0.497 e. The highest BCUT2D eigenvalue weighted by Gasteiger charge is 2.23. The number of carbonyl (C=O) groups is 1. The molecule has 0 aliphatic carbocycles. The fourth-order valence-corrected chi connectivity index (χ4v) is 2.45. The molecule has 1 aromatic rings. The molecule has 0 radical (unpaired) electrons. The van der Waals surface area contributed by atoms with Crippen molar-refractivity contribution >= 4 is 23.4 Å². The molecule has 20 heavy (non-hydrogen) atoms. The molecule has 1 rings (SSSR count). The predicted molar refractivity (Wildman–Crippen MR) is 85.2 cm³/mol. The van der Waals surface area contributed by atoms with Gasteiger partial charge < -0.3 is 15.8 Å². The second kappa shape index (κ2) is 6.88. The number of hydrogen-bond donors (Lipinski definition) is 2. The van der Waals surface area contributed by atoms with Gasteiger partial charge in [-0.2, -0.15) is 0 Å². The van der Waals surface area contributed by atoms with Crippen LogP contribution in [0.3, 0.4) is 0 Å². The number of thioether (sulfide) groups is 1. The highest BCUT2D eigenvalue weighted by Crippen LogP contribution is 2.32. The Labute approximate surface area is 125 Å². The Kier molecular flexibility index (Phi) is 5.74. The van der Waals surface area contributed by atoms with Crippen LogP contribution in [0.4, 0.5) is 5.69 Å². The van der Waals surface area contributed by atoms with E-state index in [1.165, 1.54) is 11.8 Å². The van der Waals surface area contributed by atoms with Crippen molar-refractivity contribution in [2.24, 2.45) is 0 Å². The molecule has 1 atom stereocenters.